The van der Waals surface area contributed by atoms with Crippen LogP contribution in [-0.4, -0.2) is 58.2 Å². The highest BCUT2D eigenvalue weighted by atomic mass is 16.3. The number of aliphatic hydroxyl groups excluding tert-OH is 1. The highest BCUT2D eigenvalue weighted by molar-refractivity contribution is 5.80. The second-order valence-electron chi connectivity index (χ2n) is 5.54. The minimum absolute atomic E-state index is 0.0362. The molecule has 0 saturated carbocycles. The summed E-state index contributed by atoms with van der Waals surface area (Å²) in [6, 6.07) is 1.79. The SMILES string of the molecule is O=C([C@@H]1CCN(c2ncccn2)C1)N1CCC(O)CC1. The highest BCUT2D eigenvalue weighted by Crippen LogP contribution is 2.23. The van der Waals surface area contributed by atoms with Crippen LogP contribution in [0.5, 0.6) is 0 Å². The number of carbonyl (C=O) groups is 1. The average molecular weight is 276 g/mol. The van der Waals surface area contributed by atoms with Crippen LogP contribution in [0.2, 0.25) is 0 Å². The van der Waals surface area contributed by atoms with E-state index in [-0.39, 0.29) is 17.9 Å². The van der Waals surface area contributed by atoms with Crippen molar-refractivity contribution in [3.63, 3.8) is 0 Å². The van der Waals surface area contributed by atoms with Gasteiger partial charge in [-0.05, 0) is 25.3 Å². The molecule has 0 bridgehead atoms. The number of piperidine rings is 1. The molecule has 0 unspecified atom stereocenters. The molecule has 1 amide bonds. The molecular formula is C14H20N4O2. The summed E-state index contributed by atoms with van der Waals surface area (Å²) >= 11 is 0. The molecule has 0 radical (unpaired) electrons. The molecular weight excluding hydrogens is 256 g/mol. The van der Waals surface area contributed by atoms with Gasteiger partial charge >= 0.3 is 0 Å². The van der Waals surface area contributed by atoms with Gasteiger partial charge in [-0.2, -0.15) is 0 Å². The summed E-state index contributed by atoms with van der Waals surface area (Å²) in [5.74, 6) is 0.959. The van der Waals surface area contributed by atoms with Crippen molar-refractivity contribution >= 4 is 11.9 Å². The van der Waals surface area contributed by atoms with Gasteiger partial charge in [0, 0.05) is 38.6 Å². The van der Waals surface area contributed by atoms with E-state index in [9.17, 15) is 9.90 Å². The molecule has 1 aromatic rings. The number of amides is 1. The predicted molar refractivity (Wildman–Crippen MR) is 74.2 cm³/mol. The molecule has 6 heteroatoms. The van der Waals surface area contributed by atoms with Crippen LogP contribution in [0, 0.1) is 5.92 Å². The number of hydrogen-bond donors (Lipinski definition) is 1. The van der Waals surface area contributed by atoms with Crippen molar-refractivity contribution in [2.45, 2.75) is 25.4 Å². The Morgan fingerprint density at radius 2 is 1.85 bits per heavy atom. The predicted octanol–water partition coefficient (Wildman–Crippen LogP) is 0.286. The Morgan fingerprint density at radius 3 is 2.55 bits per heavy atom. The van der Waals surface area contributed by atoms with Crippen molar-refractivity contribution < 1.29 is 9.90 Å². The molecule has 2 saturated heterocycles. The van der Waals surface area contributed by atoms with E-state index in [1.54, 1.807) is 18.5 Å². The van der Waals surface area contributed by atoms with E-state index in [1.807, 2.05) is 4.90 Å². The molecule has 0 aliphatic carbocycles. The van der Waals surface area contributed by atoms with Gasteiger partial charge in [-0.15, -0.1) is 0 Å². The van der Waals surface area contributed by atoms with Gasteiger partial charge in [0.1, 0.15) is 0 Å². The molecule has 2 aliphatic heterocycles. The zero-order valence-corrected chi connectivity index (χ0v) is 11.5. The molecule has 1 N–H and O–H groups in total. The number of carbonyl (C=O) groups excluding carboxylic acids is 1. The number of hydrogen-bond acceptors (Lipinski definition) is 5. The third-order valence-corrected chi connectivity index (χ3v) is 4.15. The topological polar surface area (TPSA) is 69.6 Å². The Labute approximate surface area is 118 Å². The summed E-state index contributed by atoms with van der Waals surface area (Å²) in [6.07, 6.45) is 5.47. The van der Waals surface area contributed by atoms with Crippen LogP contribution in [0.3, 0.4) is 0 Å². The van der Waals surface area contributed by atoms with E-state index in [1.165, 1.54) is 0 Å². The molecule has 0 aromatic carbocycles. The van der Waals surface area contributed by atoms with E-state index < -0.39 is 0 Å². The Kier molecular flexibility index (Phi) is 3.82. The van der Waals surface area contributed by atoms with Crippen LogP contribution in [-0.2, 0) is 4.79 Å². The fourth-order valence-corrected chi connectivity index (χ4v) is 2.94. The summed E-state index contributed by atoms with van der Waals surface area (Å²) in [4.78, 5) is 24.9. The third kappa shape index (κ3) is 2.75. The number of anilines is 1. The maximum absolute atomic E-state index is 12.5. The van der Waals surface area contributed by atoms with Crippen LogP contribution < -0.4 is 4.90 Å². The second-order valence-corrected chi connectivity index (χ2v) is 5.54. The lowest BCUT2D eigenvalue weighted by atomic mass is 10.0. The number of likely N-dealkylation sites (tertiary alicyclic amines) is 1. The maximum Gasteiger partial charge on any atom is 0.227 e. The van der Waals surface area contributed by atoms with E-state index >= 15 is 0 Å². The van der Waals surface area contributed by atoms with Gasteiger partial charge in [0.25, 0.3) is 0 Å². The van der Waals surface area contributed by atoms with E-state index in [4.69, 9.17) is 0 Å². The fourth-order valence-electron chi connectivity index (χ4n) is 2.94. The van der Waals surface area contributed by atoms with E-state index in [0.717, 1.165) is 13.0 Å². The summed E-state index contributed by atoms with van der Waals surface area (Å²) in [5.41, 5.74) is 0. The van der Waals surface area contributed by atoms with Gasteiger partial charge in [-0.3, -0.25) is 4.79 Å². The third-order valence-electron chi connectivity index (χ3n) is 4.15. The minimum atomic E-state index is -0.239. The van der Waals surface area contributed by atoms with Crippen molar-refractivity contribution in [1.82, 2.24) is 14.9 Å². The van der Waals surface area contributed by atoms with Crippen LogP contribution in [0.4, 0.5) is 5.95 Å². The Hall–Kier alpha value is -1.69. The van der Waals surface area contributed by atoms with Crippen LogP contribution in [0.15, 0.2) is 18.5 Å². The number of aliphatic hydroxyl groups is 1. The Bertz CT molecular complexity index is 460. The fraction of sp³-hybridized carbons (Fsp3) is 0.643. The summed E-state index contributed by atoms with van der Waals surface area (Å²) in [7, 11) is 0. The van der Waals surface area contributed by atoms with Gasteiger partial charge in [0.2, 0.25) is 11.9 Å². The van der Waals surface area contributed by atoms with E-state index in [2.05, 4.69) is 14.9 Å². The standard InChI is InChI=1S/C14H20N4O2/c19-12-3-8-17(9-4-12)13(20)11-2-7-18(10-11)14-15-5-1-6-16-14/h1,5-6,11-12,19H,2-4,7-10H2/t11-/m1/s1. The smallest absolute Gasteiger partial charge is 0.227 e. The lowest BCUT2D eigenvalue weighted by Crippen LogP contribution is -2.43. The van der Waals surface area contributed by atoms with Crippen molar-refractivity contribution in [2.24, 2.45) is 5.92 Å². The van der Waals surface area contributed by atoms with Crippen molar-refractivity contribution in [3.05, 3.63) is 18.5 Å². The summed E-state index contributed by atoms with van der Waals surface area (Å²) in [6.45, 7) is 2.88. The Balaban J connectivity index is 1.58. The number of nitrogens with zero attached hydrogens (tertiary/aromatic N) is 4. The zero-order valence-electron chi connectivity index (χ0n) is 11.5. The molecule has 3 rings (SSSR count). The molecule has 3 heterocycles. The lowest BCUT2D eigenvalue weighted by molar-refractivity contribution is -0.136. The maximum atomic E-state index is 12.5. The lowest BCUT2D eigenvalue weighted by Gasteiger charge is -2.31. The van der Waals surface area contributed by atoms with Crippen molar-refractivity contribution in [2.75, 3.05) is 31.1 Å². The van der Waals surface area contributed by atoms with Crippen molar-refractivity contribution in [1.29, 1.82) is 0 Å². The first-order valence-electron chi connectivity index (χ1n) is 7.23. The normalized spacial score (nSPS) is 24.1. The van der Waals surface area contributed by atoms with Gasteiger partial charge in [-0.25, -0.2) is 9.97 Å². The first kappa shape index (κ1) is 13.3. The summed E-state index contributed by atoms with van der Waals surface area (Å²) in [5, 5.41) is 9.50. The Morgan fingerprint density at radius 1 is 1.15 bits per heavy atom. The molecule has 1 atom stereocenters. The zero-order chi connectivity index (χ0) is 13.9. The van der Waals surface area contributed by atoms with Crippen LogP contribution in [0.1, 0.15) is 19.3 Å². The van der Waals surface area contributed by atoms with Gasteiger partial charge in [0.15, 0.2) is 0 Å². The molecule has 1 aromatic heterocycles. The molecule has 0 spiro atoms. The first-order chi connectivity index (χ1) is 9.74. The van der Waals surface area contributed by atoms with Crippen LogP contribution >= 0.6 is 0 Å². The molecule has 108 valence electrons. The quantitative estimate of drug-likeness (QED) is 0.840. The molecule has 6 nitrogen and oxygen atoms in total. The van der Waals surface area contributed by atoms with Gasteiger partial charge in [-0.1, -0.05) is 0 Å². The molecule has 2 aliphatic rings. The average Bonchev–Trinajstić information content (AvgIpc) is 2.98. The molecule has 20 heavy (non-hydrogen) atoms. The largest absolute Gasteiger partial charge is 0.393 e. The summed E-state index contributed by atoms with van der Waals surface area (Å²) < 4.78 is 0. The number of aromatic nitrogens is 2. The number of rotatable bonds is 2. The van der Waals surface area contributed by atoms with Crippen molar-refractivity contribution in [3.8, 4) is 0 Å². The monoisotopic (exact) mass is 276 g/mol. The second kappa shape index (κ2) is 5.75. The minimum Gasteiger partial charge on any atom is -0.393 e. The van der Waals surface area contributed by atoms with E-state index in [0.29, 0.717) is 38.4 Å². The van der Waals surface area contributed by atoms with Gasteiger partial charge < -0.3 is 14.9 Å². The van der Waals surface area contributed by atoms with Gasteiger partial charge in [0.05, 0.1) is 12.0 Å². The first-order valence-corrected chi connectivity index (χ1v) is 7.23. The highest BCUT2D eigenvalue weighted by Gasteiger charge is 2.33. The molecule has 2 fully saturated rings. The van der Waals surface area contributed by atoms with Crippen LogP contribution in [0.25, 0.3) is 0 Å².